The first-order chi connectivity index (χ1) is 12.2. The lowest BCUT2D eigenvalue weighted by Crippen LogP contribution is -2.35. The summed E-state index contributed by atoms with van der Waals surface area (Å²) in [6.07, 6.45) is 0.816. The zero-order chi connectivity index (χ0) is 19.1. The van der Waals surface area contributed by atoms with E-state index >= 15 is 0 Å². The Kier molecular flexibility index (Phi) is 5.12. The molecular weight excluding hydrogens is 416 g/mol. The number of hydrogen-bond donors (Lipinski definition) is 0. The van der Waals surface area contributed by atoms with Crippen LogP contribution in [-0.4, -0.2) is 33.2 Å². The zero-order valence-electron chi connectivity index (χ0n) is 14.9. The van der Waals surface area contributed by atoms with Gasteiger partial charge in [0.1, 0.15) is 0 Å². The van der Waals surface area contributed by atoms with Crippen LogP contribution in [0.5, 0.6) is 0 Å². The van der Waals surface area contributed by atoms with Gasteiger partial charge in [0.25, 0.3) is 5.91 Å². The molecule has 26 heavy (non-hydrogen) atoms. The molecule has 0 aromatic heterocycles. The molecule has 0 bridgehead atoms. The SMILES string of the molecule is CCS(=O)(=O)N(C)c1ccc(C(=O)N2c3ccc(Br)cc3C[C@@H]2C)cc1. The molecule has 138 valence electrons. The number of carbonyl (C=O) groups excluding carboxylic acids is 1. The molecule has 0 spiro atoms. The Morgan fingerprint density at radius 1 is 1.23 bits per heavy atom. The minimum atomic E-state index is -3.32. The molecule has 0 fully saturated rings. The molecular formula is C19H21BrN2O3S. The van der Waals surface area contributed by atoms with Gasteiger partial charge in [-0.25, -0.2) is 8.42 Å². The van der Waals surface area contributed by atoms with Gasteiger partial charge >= 0.3 is 0 Å². The summed E-state index contributed by atoms with van der Waals surface area (Å²) in [6.45, 7) is 3.63. The number of amides is 1. The number of hydrogen-bond acceptors (Lipinski definition) is 3. The van der Waals surface area contributed by atoms with Gasteiger partial charge in [-0.2, -0.15) is 0 Å². The Balaban J connectivity index is 1.88. The predicted octanol–water partition coefficient (Wildman–Crippen LogP) is 3.83. The van der Waals surface area contributed by atoms with Crippen molar-refractivity contribution in [3.8, 4) is 0 Å². The van der Waals surface area contributed by atoms with Crippen molar-refractivity contribution in [2.45, 2.75) is 26.3 Å². The van der Waals surface area contributed by atoms with Gasteiger partial charge in [-0.15, -0.1) is 0 Å². The molecule has 1 aliphatic heterocycles. The Hall–Kier alpha value is -1.86. The van der Waals surface area contributed by atoms with Gasteiger partial charge in [0, 0.05) is 28.8 Å². The summed E-state index contributed by atoms with van der Waals surface area (Å²) in [5.41, 5.74) is 3.16. The van der Waals surface area contributed by atoms with E-state index in [2.05, 4.69) is 15.9 Å². The van der Waals surface area contributed by atoms with Crippen LogP contribution in [0.4, 0.5) is 11.4 Å². The molecule has 5 nitrogen and oxygen atoms in total. The summed E-state index contributed by atoms with van der Waals surface area (Å²) in [6, 6.07) is 12.7. The van der Waals surface area contributed by atoms with Crippen LogP contribution in [0.15, 0.2) is 46.9 Å². The number of nitrogens with zero attached hydrogens (tertiary/aromatic N) is 2. The average molecular weight is 437 g/mol. The van der Waals surface area contributed by atoms with Crippen molar-refractivity contribution in [3.63, 3.8) is 0 Å². The fourth-order valence-corrected chi connectivity index (χ4v) is 4.46. The van der Waals surface area contributed by atoms with Crippen molar-refractivity contribution in [2.75, 3.05) is 22.0 Å². The first kappa shape index (κ1) is 18.9. The third-order valence-corrected chi connectivity index (χ3v) is 7.00. The van der Waals surface area contributed by atoms with Gasteiger partial charge in [-0.05, 0) is 68.3 Å². The van der Waals surface area contributed by atoms with Gasteiger partial charge in [0.05, 0.1) is 11.4 Å². The summed E-state index contributed by atoms with van der Waals surface area (Å²) in [7, 11) is -1.80. The van der Waals surface area contributed by atoms with Gasteiger partial charge in [-0.3, -0.25) is 9.10 Å². The number of rotatable bonds is 4. The predicted molar refractivity (Wildman–Crippen MR) is 108 cm³/mol. The maximum Gasteiger partial charge on any atom is 0.258 e. The Labute approximate surface area is 162 Å². The van der Waals surface area contributed by atoms with Crippen LogP contribution in [0, 0.1) is 0 Å². The highest BCUT2D eigenvalue weighted by Crippen LogP contribution is 2.35. The van der Waals surface area contributed by atoms with Crippen molar-refractivity contribution in [2.24, 2.45) is 0 Å². The van der Waals surface area contributed by atoms with E-state index in [1.165, 1.54) is 11.4 Å². The van der Waals surface area contributed by atoms with Crippen molar-refractivity contribution in [1.82, 2.24) is 0 Å². The van der Waals surface area contributed by atoms with Crippen LogP contribution in [0.3, 0.4) is 0 Å². The third-order valence-electron chi connectivity index (χ3n) is 4.74. The first-order valence-corrected chi connectivity index (χ1v) is 10.8. The highest BCUT2D eigenvalue weighted by molar-refractivity contribution is 9.10. The second-order valence-corrected chi connectivity index (χ2v) is 9.62. The molecule has 0 N–H and O–H groups in total. The maximum atomic E-state index is 13.0. The van der Waals surface area contributed by atoms with E-state index in [0.29, 0.717) is 11.3 Å². The minimum absolute atomic E-state index is 0.0296. The summed E-state index contributed by atoms with van der Waals surface area (Å²) in [5.74, 6) is -0.0481. The lowest BCUT2D eigenvalue weighted by Gasteiger charge is -2.23. The lowest BCUT2D eigenvalue weighted by atomic mass is 10.1. The van der Waals surface area contributed by atoms with Crippen molar-refractivity contribution >= 4 is 43.2 Å². The van der Waals surface area contributed by atoms with Crippen LogP contribution >= 0.6 is 15.9 Å². The number of benzene rings is 2. The summed E-state index contributed by atoms with van der Waals surface area (Å²) in [5, 5.41) is 0. The van der Waals surface area contributed by atoms with Crippen molar-refractivity contribution in [3.05, 3.63) is 58.1 Å². The molecule has 0 aliphatic carbocycles. The summed E-state index contributed by atoms with van der Waals surface area (Å²) in [4.78, 5) is 14.8. The molecule has 2 aromatic rings. The van der Waals surface area contributed by atoms with Gasteiger partial charge < -0.3 is 4.90 Å². The Morgan fingerprint density at radius 3 is 2.50 bits per heavy atom. The van der Waals surface area contributed by atoms with Crippen LogP contribution in [0.1, 0.15) is 29.8 Å². The van der Waals surface area contributed by atoms with Gasteiger partial charge in [0.2, 0.25) is 10.0 Å². The standard InChI is InChI=1S/C19H21BrN2O3S/c1-4-26(24,25)21(3)17-8-5-14(6-9-17)19(23)22-13(2)11-15-12-16(20)7-10-18(15)22/h5-10,12-13H,4,11H2,1-3H3/t13-/m0/s1. The fourth-order valence-electron chi connectivity index (χ4n) is 3.22. The second kappa shape index (κ2) is 7.04. The second-order valence-electron chi connectivity index (χ2n) is 6.42. The number of carbonyl (C=O) groups is 1. The van der Waals surface area contributed by atoms with E-state index in [9.17, 15) is 13.2 Å². The zero-order valence-corrected chi connectivity index (χ0v) is 17.3. The van der Waals surface area contributed by atoms with Gasteiger partial charge in [-0.1, -0.05) is 15.9 Å². The Morgan fingerprint density at radius 2 is 1.88 bits per heavy atom. The quantitative estimate of drug-likeness (QED) is 0.731. The molecule has 3 rings (SSSR count). The number of fused-ring (bicyclic) bond motifs is 1. The maximum absolute atomic E-state index is 13.0. The average Bonchev–Trinajstić information content (AvgIpc) is 2.95. The van der Waals surface area contributed by atoms with E-state index in [0.717, 1.165) is 22.1 Å². The summed E-state index contributed by atoms with van der Waals surface area (Å²) >= 11 is 3.47. The van der Waals surface area contributed by atoms with Crippen molar-refractivity contribution < 1.29 is 13.2 Å². The normalized spacial score (nSPS) is 16.5. The van der Waals surface area contributed by atoms with E-state index in [4.69, 9.17) is 0 Å². The molecule has 0 saturated carbocycles. The van der Waals surface area contributed by atoms with Crippen molar-refractivity contribution in [1.29, 1.82) is 0 Å². The highest BCUT2D eigenvalue weighted by Gasteiger charge is 2.31. The van der Waals surface area contributed by atoms with Gasteiger partial charge in [0.15, 0.2) is 0 Å². The topological polar surface area (TPSA) is 57.7 Å². The molecule has 0 unspecified atom stereocenters. The molecule has 1 atom stereocenters. The van der Waals surface area contributed by atoms with E-state index in [1.54, 1.807) is 31.2 Å². The van der Waals surface area contributed by atoms with Crippen LogP contribution in [0.2, 0.25) is 0 Å². The molecule has 0 radical (unpaired) electrons. The monoisotopic (exact) mass is 436 g/mol. The minimum Gasteiger partial charge on any atom is -0.305 e. The number of sulfonamides is 1. The first-order valence-electron chi connectivity index (χ1n) is 8.43. The van der Waals surface area contributed by atoms with E-state index in [-0.39, 0.29) is 17.7 Å². The molecule has 0 saturated heterocycles. The number of halogens is 1. The van der Waals surface area contributed by atoms with E-state index < -0.39 is 10.0 Å². The third kappa shape index (κ3) is 3.38. The van der Waals surface area contributed by atoms with Crippen LogP contribution < -0.4 is 9.21 Å². The fraction of sp³-hybridized carbons (Fsp3) is 0.316. The lowest BCUT2D eigenvalue weighted by molar-refractivity contribution is 0.0981. The molecule has 1 amide bonds. The highest BCUT2D eigenvalue weighted by atomic mass is 79.9. The van der Waals surface area contributed by atoms with E-state index in [1.807, 2.05) is 30.0 Å². The molecule has 1 aliphatic rings. The van der Waals surface area contributed by atoms with Crippen LogP contribution in [-0.2, 0) is 16.4 Å². The smallest absolute Gasteiger partial charge is 0.258 e. The number of anilines is 2. The summed E-state index contributed by atoms with van der Waals surface area (Å²) < 4.78 is 26.2. The van der Waals surface area contributed by atoms with Crippen LogP contribution in [0.25, 0.3) is 0 Å². The Bertz CT molecular complexity index is 942. The largest absolute Gasteiger partial charge is 0.305 e. The molecule has 2 aromatic carbocycles. The molecule has 1 heterocycles. The molecule has 7 heteroatoms.